The van der Waals surface area contributed by atoms with E-state index >= 15 is 4.39 Å². The van der Waals surface area contributed by atoms with Crippen molar-refractivity contribution in [3.05, 3.63) is 34.9 Å². The minimum absolute atomic E-state index is 0.0326. The second kappa shape index (κ2) is 10.9. The lowest BCUT2D eigenvalue weighted by atomic mass is 9.92. The first-order valence-electron chi connectivity index (χ1n) is 16.4. The Hall–Kier alpha value is -3.19. The molecule has 6 bridgehead atoms. The molecule has 6 aliphatic rings. The topological polar surface area (TPSA) is 113 Å². The van der Waals surface area contributed by atoms with Crippen LogP contribution in [-0.2, 0) is 4.74 Å². The molecule has 5 aliphatic heterocycles. The molecule has 2 N–H and O–H groups in total. The molecule has 0 unspecified atom stereocenters. The molecule has 0 radical (unpaired) electrons. The van der Waals surface area contributed by atoms with Crippen LogP contribution in [0.2, 0.25) is 5.02 Å². The standard InChI is InChI=1S/C33H36ClF2N7O3/c34-24-8-25-22(11-38-41-25)27-26(24)21-7-18(21)15-45-5-2-17-6-20(44)14-42(12-17)31-23-10-37-30(27)28(36)29(23)39-32(40-31)46-16-33-3-1-4-43(33)13-19(35)9-33/h8,10-11,17-21,44H,1-7,9,12-16H2,(H,38,41)/t17-,18+,19-,20+,21+,33+/m1/s1. The van der Waals surface area contributed by atoms with E-state index in [9.17, 15) is 9.50 Å². The molecule has 4 aromatic rings. The summed E-state index contributed by atoms with van der Waals surface area (Å²) in [5.41, 5.74) is 1.95. The van der Waals surface area contributed by atoms with Crippen molar-refractivity contribution in [2.75, 3.05) is 50.9 Å². The van der Waals surface area contributed by atoms with Gasteiger partial charge in [0.05, 0.1) is 28.7 Å². The monoisotopic (exact) mass is 651 g/mol. The molecule has 46 heavy (non-hydrogen) atoms. The molecule has 3 saturated heterocycles. The lowest BCUT2D eigenvalue weighted by Crippen LogP contribution is -2.44. The minimum Gasteiger partial charge on any atom is -0.461 e. The van der Waals surface area contributed by atoms with Crippen molar-refractivity contribution in [1.29, 1.82) is 0 Å². The summed E-state index contributed by atoms with van der Waals surface area (Å²) in [5, 5.41) is 19.8. The Kier molecular flexibility index (Phi) is 6.89. The van der Waals surface area contributed by atoms with Gasteiger partial charge >= 0.3 is 6.01 Å². The van der Waals surface area contributed by atoms with Crippen molar-refractivity contribution in [1.82, 2.24) is 30.0 Å². The summed E-state index contributed by atoms with van der Waals surface area (Å²) >= 11 is 6.92. The first-order valence-corrected chi connectivity index (χ1v) is 16.8. The number of fused-ring (bicyclic) bond motifs is 6. The largest absolute Gasteiger partial charge is 0.461 e. The Morgan fingerprint density at radius 3 is 3.00 bits per heavy atom. The van der Waals surface area contributed by atoms with Crippen molar-refractivity contribution in [3.63, 3.8) is 0 Å². The Bertz CT molecular complexity index is 1840. The fourth-order valence-electron chi connectivity index (χ4n) is 8.67. The summed E-state index contributed by atoms with van der Waals surface area (Å²) in [6.45, 7) is 3.59. The summed E-state index contributed by atoms with van der Waals surface area (Å²) in [5.74, 6) is 0.379. The Labute approximate surface area is 269 Å². The maximum Gasteiger partial charge on any atom is 0.319 e. The Morgan fingerprint density at radius 2 is 2.09 bits per heavy atom. The van der Waals surface area contributed by atoms with Crippen LogP contribution in [0.1, 0.15) is 50.0 Å². The SMILES string of the molecule is O[C@H]1C[C@H]2CCOC[C@@H]3C[C@@H]3c3c(Cl)cc4[nH]ncc4c3-c3ncc4c(nc(OC[C@@]56CCCN5C[C@H](F)C6)nc4c3F)N(C1)C2. The number of halogens is 3. The van der Waals surface area contributed by atoms with Crippen molar-refractivity contribution in [2.24, 2.45) is 11.8 Å². The average molecular weight is 652 g/mol. The predicted octanol–water partition coefficient (Wildman–Crippen LogP) is 5.03. The third-order valence-electron chi connectivity index (χ3n) is 11.0. The fourth-order valence-corrected chi connectivity index (χ4v) is 9.01. The van der Waals surface area contributed by atoms with Crippen LogP contribution in [0, 0.1) is 17.7 Å². The number of benzene rings is 1. The number of H-pyrrole nitrogens is 1. The average Bonchev–Trinajstić information content (AvgIpc) is 3.28. The van der Waals surface area contributed by atoms with E-state index in [0.29, 0.717) is 73.0 Å². The number of anilines is 1. The number of nitrogens with zero attached hydrogens (tertiary/aromatic N) is 6. The van der Waals surface area contributed by atoms with Gasteiger partial charge in [0.15, 0.2) is 5.82 Å². The summed E-state index contributed by atoms with van der Waals surface area (Å²) < 4.78 is 44.1. The second-order valence-electron chi connectivity index (χ2n) is 14.0. The van der Waals surface area contributed by atoms with E-state index in [2.05, 4.69) is 20.1 Å². The lowest BCUT2D eigenvalue weighted by Gasteiger charge is -2.37. The highest BCUT2D eigenvalue weighted by atomic mass is 35.5. The van der Waals surface area contributed by atoms with E-state index in [1.165, 1.54) is 0 Å². The van der Waals surface area contributed by atoms with E-state index in [0.717, 1.165) is 43.2 Å². The molecule has 1 saturated carbocycles. The van der Waals surface area contributed by atoms with E-state index in [1.807, 2.05) is 11.0 Å². The molecule has 6 atom stereocenters. The maximum absolute atomic E-state index is 17.1. The minimum atomic E-state index is -0.900. The van der Waals surface area contributed by atoms with Gasteiger partial charge in [0.1, 0.15) is 29.8 Å². The van der Waals surface area contributed by atoms with Gasteiger partial charge in [0.2, 0.25) is 0 Å². The van der Waals surface area contributed by atoms with Crippen LogP contribution in [0.15, 0.2) is 18.5 Å². The summed E-state index contributed by atoms with van der Waals surface area (Å²) in [4.78, 5) is 18.4. The van der Waals surface area contributed by atoms with Gasteiger partial charge in [-0.15, -0.1) is 0 Å². The highest BCUT2D eigenvalue weighted by Gasteiger charge is 2.49. The first-order chi connectivity index (χ1) is 22.4. The van der Waals surface area contributed by atoms with Gasteiger partial charge < -0.3 is 19.5 Å². The smallest absolute Gasteiger partial charge is 0.319 e. The maximum atomic E-state index is 17.1. The quantitative estimate of drug-likeness (QED) is 0.315. The molecule has 10 rings (SSSR count). The summed E-state index contributed by atoms with van der Waals surface area (Å²) in [7, 11) is 0. The third kappa shape index (κ3) is 4.74. The van der Waals surface area contributed by atoms with E-state index < -0.39 is 23.6 Å². The van der Waals surface area contributed by atoms with E-state index in [1.54, 1.807) is 12.4 Å². The molecule has 8 heterocycles. The zero-order valence-electron chi connectivity index (χ0n) is 25.4. The van der Waals surface area contributed by atoms with E-state index in [4.69, 9.17) is 31.0 Å². The van der Waals surface area contributed by atoms with Crippen LogP contribution in [0.4, 0.5) is 14.6 Å². The van der Waals surface area contributed by atoms with Crippen molar-refractivity contribution in [2.45, 2.75) is 62.3 Å². The van der Waals surface area contributed by atoms with Gasteiger partial charge in [-0.3, -0.25) is 15.0 Å². The summed E-state index contributed by atoms with van der Waals surface area (Å²) in [6, 6.07) is 1.88. The van der Waals surface area contributed by atoms with Crippen LogP contribution in [0.3, 0.4) is 0 Å². The molecule has 0 spiro atoms. The van der Waals surface area contributed by atoms with Crippen LogP contribution in [0.5, 0.6) is 6.01 Å². The van der Waals surface area contributed by atoms with Crippen LogP contribution < -0.4 is 9.64 Å². The third-order valence-corrected chi connectivity index (χ3v) is 11.3. The first kappa shape index (κ1) is 29.0. The number of aromatic amines is 1. The number of alkyl halides is 1. The highest BCUT2D eigenvalue weighted by Crippen LogP contribution is 2.54. The molecule has 10 nitrogen and oxygen atoms in total. The number of hydrogen-bond donors (Lipinski definition) is 2. The van der Waals surface area contributed by atoms with Gasteiger partial charge in [-0.1, -0.05) is 11.6 Å². The number of piperidine rings is 1. The van der Waals surface area contributed by atoms with E-state index in [-0.39, 0.29) is 41.6 Å². The summed E-state index contributed by atoms with van der Waals surface area (Å²) in [6.07, 6.45) is 6.36. The zero-order chi connectivity index (χ0) is 31.2. The van der Waals surface area contributed by atoms with Crippen molar-refractivity contribution < 1.29 is 23.4 Å². The molecule has 1 aliphatic carbocycles. The molecule has 13 heteroatoms. The number of pyridine rings is 1. The number of aliphatic hydroxyl groups is 1. The van der Waals surface area contributed by atoms with Gasteiger partial charge in [-0.05, 0) is 68.0 Å². The number of nitrogens with one attached hydrogen (secondary N) is 1. The van der Waals surface area contributed by atoms with Gasteiger partial charge in [-0.2, -0.15) is 15.1 Å². The van der Waals surface area contributed by atoms with Gasteiger partial charge in [0, 0.05) is 61.4 Å². The van der Waals surface area contributed by atoms with Crippen LogP contribution in [-0.4, -0.2) is 99.0 Å². The normalized spacial score (nSPS) is 31.0. The second-order valence-corrected chi connectivity index (χ2v) is 14.4. The molecular formula is C33H36ClF2N7O3. The molecule has 3 aromatic heterocycles. The molecule has 4 fully saturated rings. The number of ether oxygens (including phenoxy) is 2. The highest BCUT2D eigenvalue weighted by molar-refractivity contribution is 6.33. The number of rotatable bonds is 3. The molecule has 1 aromatic carbocycles. The number of aliphatic hydroxyl groups excluding tert-OH is 1. The fraction of sp³-hybridized carbons (Fsp3) is 0.576. The van der Waals surface area contributed by atoms with Crippen molar-refractivity contribution >= 4 is 39.2 Å². The molecule has 0 amide bonds. The molecular weight excluding hydrogens is 616 g/mol. The van der Waals surface area contributed by atoms with Gasteiger partial charge in [-0.25, -0.2) is 8.78 Å². The van der Waals surface area contributed by atoms with Crippen LogP contribution >= 0.6 is 11.6 Å². The Balaban J connectivity index is 1.22. The zero-order valence-corrected chi connectivity index (χ0v) is 26.1. The number of aromatic nitrogens is 5. The Morgan fingerprint density at radius 1 is 1.17 bits per heavy atom. The number of hydrogen-bond acceptors (Lipinski definition) is 9. The van der Waals surface area contributed by atoms with Crippen molar-refractivity contribution in [3.8, 4) is 17.3 Å². The van der Waals surface area contributed by atoms with Gasteiger partial charge in [0.25, 0.3) is 0 Å². The van der Waals surface area contributed by atoms with Crippen LogP contribution in [0.25, 0.3) is 33.1 Å². The molecule has 242 valence electrons. The lowest BCUT2D eigenvalue weighted by molar-refractivity contribution is 0.0843. The predicted molar refractivity (Wildman–Crippen MR) is 169 cm³/mol.